The molecule has 19 rings (SSSR count). The van der Waals surface area contributed by atoms with Crippen LogP contribution in [0.4, 0.5) is 45.5 Å². The topological polar surface area (TPSA) is 432 Å². The second kappa shape index (κ2) is 38.0. The van der Waals surface area contributed by atoms with Gasteiger partial charge in [-0.05, 0) is 117 Å². The van der Waals surface area contributed by atoms with Gasteiger partial charge in [0.05, 0.1) is 92.2 Å². The van der Waals surface area contributed by atoms with Crippen molar-refractivity contribution in [2.75, 3.05) is 131 Å². The predicted molar refractivity (Wildman–Crippen MR) is 474 cm³/mol. The molecule has 4 aromatic carbocycles. The summed E-state index contributed by atoms with van der Waals surface area (Å²) in [7, 11) is 1.55. The van der Waals surface area contributed by atoms with Crippen LogP contribution in [0.15, 0.2) is 232 Å². The van der Waals surface area contributed by atoms with Crippen LogP contribution in [-0.4, -0.2) is 203 Å². The predicted octanol–water partition coefficient (Wildman–Crippen LogP) is 10.8. The number of pyridine rings is 5. The number of carbonyl (C=O) groups is 4. The maximum absolute atomic E-state index is 13.4. The molecule has 1 unspecified atom stereocenters. The Labute approximate surface area is 727 Å². The first-order valence-corrected chi connectivity index (χ1v) is 42.2. The zero-order chi connectivity index (χ0) is 89.4. The van der Waals surface area contributed by atoms with Crippen molar-refractivity contribution in [2.45, 2.75) is 70.1 Å². The number of hydrogen-bond acceptors (Lipinski definition) is 26. The molecule has 14 heterocycles. The van der Waals surface area contributed by atoms with Gasteiger partial charge in [0.2, 0.25) is 5.91 Å². The van der Waals surface area contributed by atoms with Crippen LogP contribution in [0.5, 0.6) is 0 Å². The van der Waals surface area contributed by atoms with Gasteiger partial charge in [0, 0.05) is 157 Å². The minimum atomic E-state index is -0.677. The second-order valence-electron chi connectivity index (χ2n) is 31.7. The van der Waals surface area contributed by atoms with Gasteiger partial charge in [-0.3, -0.25) is 97.5 Å². The van der Waals surface area contributed by atoms with Crippen molar-refractivity contribution in [2.24, 2.45) is 7.05 Å². The normalized spacial score (nSPS) is 16.2. The highest BCUT2D eigenvalue weighted by Gasteiger charge is 2.40. The molecule has 1 atom stereocenters. The fourth-order valence-electron chi connectivity index (χ4n) is 18.1. The van der Waals surface area contributed by atoms with Crippen molar-refractivity contribution < 1.29 is 56.5 Å². The lowest BCUT2D eigenvalue weighted by Crippen LogP contribution is -2.55. The smallest absolute Gasteiger partial charge is 0.357 e. The van der Waals surface area contributed by atoms with Gasteiger partial charge in [0.1, 0.15) is 22.7 Å². The third kappa shape index (κ3) is 17.5. The molecule has 1 aliphatic carbocycles. The fraction of sp³-hybridized carbons (Fsp3) is 0.322. The van der Waals surface area contributed by atoms with Crippen LogP contribution in [0.25, 0.3) is 43.6 Å². The quantitative estimate of drug-likeness (QED) is 0.0653. The molecule has 38 heteroatoms. The number of furan rings is 4. The molecule has 128 heavy (non-hydrogen) atoms. The van der Waals surface area contributed by atoms with E-state index in [4.69, 9.17) is 17.7 Å². The van der Waals surface area contributed by atoms with E-state index in [1.165, 1.54) is 45.0 Å². The van der Waals surface area contributed by atoms with Crippen LogP contribution in [0.1, 0.15) is 93.8 Å². The number of aromatic nitrogens is 5. The van der Waals surface area contributed by atoms with Crippen molar-refractivity contribution in [3.05, 3.63) is 306 Å². The molecule has 6 fully saturated rings. The van der Waals surface area contributed by atoms with Gasteiger partial charge in [-0.15, -0.1) is 0 Å². The summed E-state index contributed by atoms with van der Waals surface area (Å²) in [4.78, 5) is 167. The van der Waals surface area contributed by atoms with Gasteiger partial charge < -0.3 is 66.8 Å². The van der Waals surface area contributed by atoms with E-state index in [0.717, 1.165) is 68.1 Å². The monoisotopic (exact) mass is 1740 g/mol. The molecule has 660 valence electrons. The summed E-state index contributed by atoms with van der Waals surface area (Å²) < 4.78 is 26.5. The van der Waals surface area contributed by atoms with E-state index in [9.17, 15) is 78.8 Å². The number of nitrogens with one attached hydrogen (secondary N) is 1. The van der Waals surface area contributed by atoms with Crippen molar-refractivity contribution in [1.82, 2.24) is 48.2 Å². The number of nitrogens with zero attached hydrogens (tertiary/aromatic N) is 17. The van der Waals surface area contributed by atoms with Crippen LogP contribution in [0, 0.1) is 40.5 Å². The largest absolute Gasteiger partial charge is 0.472 e. The van der Waals surface area contributed by atoms with Crippen LogP contribution in [0.2, 0.25) is 0 Å². The number of rotatable bonds is 17. The average molecular weight is 1740 g/mol. The van der Waals surface area contributed by atoms with Gasteiger partial charge in [-0.25, -0.2) is 0 Å². The zero-order valence-electron chi connectivity index (χ0n) is 69.8. The molecule has 4 amide bonds. The molecule has 5 aliphatic heterocycles. The molecule has 0 bridgehead atoms. The Hall–Kier alpha value is -15.4. The lowest BCUT2D eigenvalue weighted by Gasteiger charge is -2.38. The number of amides is 4. The standard InChI is InChI=1S/C24H21N5O5.C23H20N4O6.C23H24N4O5.C20H25N5O4/c30-23(20-6-3-15-34-20)27-13-11-26(12-14-27)21-18-4-1-2-5-19(18)28(24(31)22(21)29(32)33)16-17-7-9-25-10-8-17;28-22(19-6-3-12-33-19)25-10-8-24(9-11-25)20-17-4-1-2-5-18(17)26(14-16-7-13-32-15-16)23(29)21(20)27(30)31;28-22(19-10-5-15-32-19)25-13-11-24(12-14-25)20-17-8-3-4-9-18(17)26(16-6-1-2-7-16)23(29)21(20)27(30)31;1-22-16-8-3-2-6-14(16)17(18(20(22)27)25(28)29)23-10-12-24(13-11-23)19(26)15-7-4-5-9-21-15/h1-10,15H,11-14,16H2;1-7,12-13,15H,8-11,14H2;3-5,8-10,15-16H,1-2,6-7,11-14H2;2-3,6,8,15,21H,4-5,7,9-13H2,1H3. The summed E-state index contributed by atoms with van der Waals surface area (Å²) in [5.74, 6) is 0.226. The molecule has 0 spiro atoms. The minimum absolute atomic E-state index is 0.0112. The number of piperazine rings is 4. The van der Waals surface area contributed by atoms with Crippen molar-refractivity contribution in [1.29, 1.82) is 0 Å². The highest BCUT2D eigenvalue weighted by atomic mass is 16.6. The van der Waals surface area contributed by atoms with E-state index in [-0.39, 0.29) is 77.5 Å². The first kappa shape index (κ1) is 86.2. The Bertz CT molecular complexity index is 6570. The first-order valence-electron chi connectivity index (χ1n) is 42.2. The summed E-state index contributed by atoms with van der Waals surface area (Å²) in [6.45, 7) is 7.45. The lowest BCUT2D eigenvalue weighted by molar-refractivity contribution is -0.385. The Balaban J connectivity index is 0.000000126. The second-order valence-corrected chi connectivity index (χ2v) is 31.7. The summed E-state index contributed by atoms with van der Waals surface area (Å²) in [6.07, 6.45) is 17.3. The van der Waals surface area contributed by atoms with E-state index < -0.39 is 59.0 Å². The minimum Gasteiger partial charge on any atom is -0.472 e. The Morgan fingerprint density at radius 1 is 0.391 bits per heavy atom. The van der Waals surface area contributed by atoms with E-state index in [1.54, 1.807) is 154 Å². The highest BCUT2D eigenvalue weighted by Crippen LogP contribution is 2.41. The summed E-state index contributed by atoms with van der Waals surface area (Å²) in [5, 5.41) is 54.0. The molecular formula is C90H90N18O20. The molecule has 9 aromatic heterocycles. The maximum atomic E-state index is 13.4. The van der Waals surface area contributed by atoms with Gasteiger partial charge in [-0.2, -0.15) is 0 Å². The average Bonchev–Trinajstić information content (AvgIpc) is 0.927. The van der Waals surface area contributed by atoms with Crippen molar-refractivity contribution >= 4 is 113 Å². The van der Waals surface area contributed by atoms with E-state index in [1.807, 2.05) is 60.9 Å². The number of benzene rings is 4. The summed E-state index contributed by atoms with van der Waals surface area (Å²) in [6, 6.07) is 43.9. The van der Waals surface area contributed by atoms with Gasteiger partial charge in [0.15, 0.2) is 17.3 Å². The Morgan fingerprint density at radius 3 is 1.13 bits per heavy atom. The number of carbonyl (C=O) groups excluding carboxylic acids is 4. The number of aryl methyl sites for hydroxylation is 1. The van der Waals surface area contributed by atoms with E-state index in [0.29, 0.717) is 160 Å². The summed E-state index contributed by atoms with van der Waals surface area (Å²) >= 11 is 0. The van der Waals surface area contributed by atoms with Crippen molar-refractivity contribution in [3.63, 3.8) is 0 Å². The zero-order valence-corrected chi connectivity index (χ0v) is 69.8. The molecule has 1 N–H and O–H groups in total. The van der Waals surface area contributed by atoms with Crippen molar-refractivity contribution in [3.8, 4) is 0 Å². The van der Waals surface area contributed by atoms with Gasteiger partial charge in [0.25, 0.3) is 17.7 Å². The Morgan fingerprint density at radius 2 is 0.750 bits per heavy atom. The molecule has 38 nitrogen and oxygen atoms in total. The number of para-hydroxylation sites is 4. The number of fused-ring (bicyclic) bond motifs is 4. The van der Waals surface area contributed by atoms with Crippen LogP contribution in [-0.2, 0) is 24.9 Å². The summed E-state index contributed by atoms with van der Waals surface area (Å²) in [5.41, 5.74) is 1.24. The Kier molecular flexibility index (Phi) is 25.6. The maximum Gasteiger partial charge on any atom is 0.357 e. The van der Waals surface area contributed by atoms with Gasteiger partial charge in [-0.1, -0.05) is 92.1 Å². The number of hydrogen-bond donors (Lipinski definition) is 1. The van der Waals surface area contributed by atoms with Gasteiger partial charge >= 0.3 is 45.0 Å². The molecule has 0 radical (unpaired) electrons. The SMILES string of the molecule is Cn1c(=O)c([N+](=O)[O-])c(N2CCN(C(=O)C3CCCCN3)CC2)c2ccccc21.O=C(c1ccco1)N1CCN(c2c([N+](=O)[O-])c(=O)n(C3CCCC3)c3ccccc23)CC1.O=C(c1ccco1)N1CCN(c2c([N+](=O)[O-])c(=O)n(Cc3ccncc3)c3ccccc23)CC1.O=C(c1ccco1)N1CCN(c2c([N+](=O)[O-])c(=O)n(Cc3ccoc3)c3ccccc23)CC1. The first-order chi connectivity index (χ1) is 62.1. The number of piperidine rings is 1. The van der Waals surface area contributed by atoms with Crippen LogP contribution < -0.4 is 47.2 Å². The number of anilines is 4. The third-order valence-electron chi connectivity index (χ3n) is 24.4. The fourth-order valence-corrected chi connectivity index (χ4v) is 18.1. The molecular weight excluding hydrogens is 1650 g/mol. The third-order valence-corrected chi connectivity index (χ3v) is 24.4. The molecule has 6 aliphatic rings. The number of nitro groups is 4. The highest BCUT2D eigenvalue weighted by molar-refractivity contribution is 6.01. The molecule has 13 aromatic rings. The van der Waals surface area contributed by atoms with Crippen LogP contribution in [0.3, 0.4) is 0 Å². The molecule has 1 saturated carbocycles. The van der Waals surface area contributed by atoms with Crippen LogP contribution >= 0.6 is 0 Å². The van der Waals surface area contributed by atoms with E-state index >= 15 is 0 Å². The lowest BCUT2D eigenvalue weighted by atomic mass is 10.0. The van der Waals surface area contributed by atoms with E-state index in [2.05, 4.69) is 10.3 Å². The molecule has 5 saturated heterocycles.